The fraction of sp³-hybridized carbons (Fsp3) is 0.318. The molecular formula is C22H20N6O3. The van der Waals surface area contributed by atoms with E-state index in [2.05, 4.69) is 24.2 Å². The second-order valence-corrected chi connectivity index (χ2v) is 8.32. The van der Waals surface area contributed by atoms with Crippen molar-refractivity contribution in [3.63, 3.8) is 0 Å². The van der Waals surface area contributed by atoms with Crippen LogP contribution in [0, 0.1) is 0 Å². The summed E-state index contributed by atoms with van der Waals surface area (Å²) in [6, 6.07) is 7.63. The Hall–Kier alpha value is -3.75. The molecule has 4 heterocycles. The van der Waals surface area contributed by atoms with E-state index in [4.69, 9.17) is 4.98 Å². The highest BCUT2D eigenvalue weighted by Gasteiger charge is 2.38. The molecule has 2 aliphatic rings. The van der Waals surface area contributed by atoms with Gasteiger partial charge in [-0.25, -0.2) is 9.78 Å². The highest BCUT2D eigenvalue weighted by atomic mass is 16.5. The number of aromatic amines is 1. The van der Waals surface area contributed by atoms with Crippen molar-refractivity contribution in [1.29, 1.82) is 0 Å². The number of imidazole rings is 1. The van der Waals surface area contributed by atoms with E-state index in [1.807, 2.05) is 38.2 Å². The predicted octanol–water partition coefficient (Wildman–Crippen LogP) is 2.85. The van der Waals surface area contributed by atoms with Gasteiger partial charge in [0.05, 0.1) is 17.9 Å². The van der Waals surface area contributed by atoms with Gasteiger partial charge in [-0.2, -0.15) is 0 Å². The van der Waals surface area contributed by atoms with Crippen molar-refractivity contribution in [2.24, 2.45) is 0 Å². The minimum absolute atomic E-state index is 0.115. The van der Waals surface area contributed by atoms with E-state index >= 15 is 0 Å². The van der Waals surface area contributed by atoms with Crippen LogP contribution in [0.2, 0.25) is 0 Å². The number of fused-ring (bicyclic) bond motifs is 2. The summed E-state index contributed by atoms with van der Waals surface area (Å²) < 4.78 is 6.75. The molecule has 1 amide bonds. The number of aromatic nitrogens is 5. The summed E-state index contributed by atoms with van der Waals surface area (Å²) in [4.78, 5) is 37.8. The Balaban J connectivity index is 1.54. The molecule has 1 aromatic carbocycles. The standard InChI is InChI=1S/C22H20N6O3/c1-11-21(29)27(2)10-17-18(24-20(28(11)17)12-6-7-12)14-5-3-4-13-8-16(23-9-15(13)14)19-25-22(30)31-26-19/h3-5,8-9,11-12H,6-7,10H2,1-2H3,(H,25,26,30)/t11-/m1/s1. The molecule has 0 saturated heterocycles. The van der Waals surface area contributed by atoms with Crippen molar-refractivity contribution >= 4 is 16.7 Å². The van der Waals surface area contributed by atoms with E-state index in [0.29, 0.717) is 24.0 Å². The van der Waals surface area contributed by atoms with Crippen LogP contribution in [0.25, 0.3) is 33.5 Å². The van der Waals surface area contributed by atoms with Crippen molar-refractivity contribution in [1.82, 2.24) is 29.6 Å². The van der Waals surface area contributed by atoms with Crippen LogP contribution in [0.4, 0.5) is 0 Å². The number of likely N-dealkylation sites (N-methyl/N-ethyl adjacent to an activating group) is 1. The summed E-state index contributed by atoms with van der Waals surface area (Å²) >= 11 is 0. The van der Waals surface area contributed by atoms with E-state index < -0.39 is 5.76 Å². The highest BCUT2D eigenvalue weighted by molar-refractivity contribution is 5.97. The third kappa shape index (κ3) is 2.73. The maximum Gasteiger partial charge on any atom is 0.439 e. The van der Waals surface area contributed by atoms with E-state index in [-0.39, 0.29) is 11.9 Å². The third-order valence-corrected chi connectivity index (χ3v) is 6.19. The van der Waals surface area contributed by atoms with Crippen LogP contribution >= 0.6 is 0 Å². The SMILES string of the molecule is C[C@@H]1C(=O)N(C)Cc2c(-c3cccc4cc(-c5noc(=O)[nH]5)ncc34)nc(C3CC3)n21. The Morgan fingerprint density at radius 1 is 1.23 bits per heavy atom. The lowest BCUT2D eigenvalue weighted by Gasteiger charge is -2.31. The summed E-state index contributed by atoms with van der Waals surface area (Å²) in [5.74, 6) is 1.23. The Morgan fingerprint density at radius 3 is 2.81 bits per heavy atom. The van der Waals surface area contributed by atoms with Gasteiger partial charge >= 0.3 is 5.76 Å². The topological polar surface area (TPSA) is 110 Å². The average molecular weight is 416 g/mol. The van der Waals surface area contributed by atoms with E-state index in [9.17, 15) is 9.59 Å². The molecule has 1 aliphatic heterocycles. The van der Waals surface area contributed by atoms with Crippen LogP contribution in [0.3, 0.4) is 0 Å². The molecule has 1 N–H and O–H groups in total. The van der Waals surface area contributed by atoms with E-state index in [1.54, 1.807) is 11.1 Å². The smallest absolute Gasteiger partial charge is 0.338 e. The van der Waals surface area contributed by atoms with Gasteiger partial charge in [0.1, 0.15) is 17.6 Å². The molecule has 6 rings (SSSR count). The molecular weight excluding hydrogens is 396 g/mol. The molecule has 156 valence electrons. The summed E-state index contributed by atoms with van der Waals surface area (Å²) in [7, 11) is 1.84. The third-order valence-electron chi connectivity index (χ3n) is 6.19. The van der Waals surface area contributed by atoms with Gasteiger partial charge in [-0.15, -0.1) is 0 Å². The Labute approximate surface area is 176 Å². The summed E-state index contributed by atoms with van der Waals surface area (Å²) in [5, 5.41) is 5.63. The number of rotatable bonds is 3. The lowest BCUT2D eigenvalue weighted by molar-refractivity contribution is -0.135. The predicted molar refractivity (Wildman–Crippen MR) is 112 cm³/mol. The first-order chi connectivity index (χ1) is 15.0. The number of amides is 1. The van der Waals surface area contributed by atoms with Crippen LogP contribution in [-0.2, 0) is 11.3 Å². The number of carbonyl (C=O) groups is 1. The van der Waals surface area contributed by atoms with Crippen LogP contribution in [0.15, 0.2) is 39.8 Å². The zero-order valence-electron chi connectivity index (χ0n) is 17.1. The number of carbonyl (C=O) groups excluding carboxylic acids is 1. The average Bonchev–Trinajstić information content (AvgIpc) is 3.42. The maximum atomic E-state index is 12.6. The fourth-order valence-electron chi connectivity index (χ4n) is 4.49. The lowest BCUT2D eigenvalue weighted by Crippen LogP contribution is -2.39. The maximum absolute atomic E-state index is 12.6. The number of benzene rings is 1. The quantitative estimate of drug-likeness (QED) is 0.550. The van der Waals surface area contributed by atoms with Crippen LogP contribution in [0.5, 0.6) is 0 Å². The molecule has 1 aliphatic carbocycles. The number of pyridine rings is 1. The first kappa shape index (κ1) is 18.1. The molecule has 0 bridgehead atoms. The van der Waals surface area contributed by atoms with Crippen molar-refractivity contribution < 1.29 is 9.32 Å². The van der Waals surface area contributed by atoms with Gasteiger partial charge in [0.25, 0.3) is 0 Å². The number of hydrogen-bond acceptors (Lipinski definition) is 6. The molecule has 4 aromatic rings. The van der Waals surface area contributed by atoms with Crippen molar-refractivity contribution in [3.8, 4) is 22.8 Å². The summed E-state index contributed by atoms with van der Waals surface area (Å²) in [5.41, 5.74) is 3.48. The van der Waals surface area contributed by atoms with E-state index in [0.717, 1.165) is 46.4 Å². The molecule has 0 unspecified atom stereocenters. The first-order valence-electron chi connectivity index (χ1n) is 10.3. The second-order valence-electron chi connectivity index (χ2n) is 8.32. The minimum atomic E-state index is -0.615. The largest absolute Gasteiger partial charge is 0.439 e. The van der Waals surface area contributed by atoms with Gasteiger partial charge < -0.3 is 9.47 Å². The van der Waals surface area contributed by atoms with Crippen LogP contribution in [-0.4, -0.2) is 42.5 Å². The molecule has 1 fully saturated rings. The fourth-order valence-corrected chi connectivity index (χ4v) is 4.49. The van der Waals surface area contributed by atoms with Crippen LogP contribution < -0.4 is 5.76 Å². The zero-order chi connectivity index (χ0) is 21.3. The molecule has 31 heavy (non-hydrogen) atoms. The normalized spacial score (nSPS) is 18.6. The minimum Gasteiger partial charge on any atom is -0.338 e. The monoisotopic (exact) mass is 416 g/mol. The van der Waals surface area contributed by atoms with Gasteiger partial charge in [-0.1, -0.05) is 23.4 Å². The molecule has 1 atom stereocenters. The molecule has 0 radical (unpaired) electrons. The molecule has 9 nitrogen and oxygen atoms in total. The Kier molecular flexibility index (Phi) is 3.71. The lowest BCUT2D eigenvalue weighted by atomic mass is 10.0. The molecule has 9 heteroatoms. The number of nitrogens with one attached hydrogen (secondary N) is 1. The van der Waals surface area contributed by atoms with Gasteiger partial charge in [0, 0.05) is 30.1 Å². The highest BCUT2D eigenvalue weighted by Crippen LogP contribution is 2.45. The van der Waals surface area contributed by atoms with Gasteiger partial charge in [-0.3, -0.25) is 19.3 Å². The first-order valence-corrected chi connectivity index (χ1v) is 10.3. The van der Waals surface area contributed by atoms with Crippen molar-refractivity contribution in [2.45, 2.75) is 38.3 Å². The molecule has 3 aromatic heterocycles. The van der Waals surface area contributed by atoms with Gasteiger partial charge in [0.15, 0.2) is 0 Å². The van der Waals surface area contributed by atoms with Crippen molar-refractivity contribution in [3.05, 3.63) is 52.5 Å². The van der Waals surface area contributed by atoms with Crippen molar-refractivity contribution in [2.75, 3.05) is 7.05 Å². The molecule has 1 saturated carbocycles. The molecule has 0 spiro atoms. The Morgan fingerprint density at radius 2 is 2.06 bits per heavy atom. The zero-order valence-corrected chi connectivity index (χ0v) is 17.1. The summed E-state index contributed by atoms with van der Waals surface area (Å²) in [6.45, 7) is 2.48. The Bertz CT molecular complexity index is 1410. The second kappa shape index (κ2) is 6.37. The number of hydrogen-bond donors (Lipinski definition) is 1. The number of nitrogens with zero attached hydrogens (tertiary/aromatic N) is 5. The van der Waals surface area contributed by atoms with E-state index in [1.165, 1.54) is 0 Å². The summed E-state index contributed by atoms with van der Waals surface area (Å²) in [6.07, 6.45) is 4.00. The van der Waals surface area contributed by atoms with Gasteiger partial charge in [0.2, 0.25) is 11.7 Å². The van der Waals surface area contributed by atoms with Crippen LogP contribution in [0.1, 0.15) is 43.2 Å². The number of H-pyrrole nitrogens is 1. The van der Waals surface area contributed by atoms with Gasteiger partial charge in [-0.05, 0) is 31.2 Å².